The number of hydrogen-bond acceptors (Lipinski definition) is 12. The summed E-state index contributed by atoms with van der Waals surface area (Å²) in [6, 6.07) is 34.5. The molecule has 1 saturated carbocycles. The molecule has 13 nitrogen and oxygen atoms in total. The lowest BCUT2D eigenvalue weighted by atomic mass is 9.89. The van der Waals surface area contributed by atoms with E-state index in [2.05, 4.69) is 77.8 Å². The molecular formula is C67H84N4O9. The van der Waals surface area contributed by atoms with Crippen LogP contribution in [0.2, 0.25) is 0 Å². The van der Waals surface area contributed by atoms with E-state index < -0.39 is 0 Å². The lowest BCUT2D eigenvalue weighted by Crippen LogP contribution is -2.26. The smallest absolute Gasteiger partial charge is 0.348 e. The molecular weight excluding hydrogens is 1000 g/mol. The Morgan fingerprint density at radius 3 is 1.48 bits per heavy atom. The quantitative estimate of drug-likeness (QED) is 0.0550. The zero-order chi connectivity index (χ0) is 58.2. The zero-order valence-electron chi connectivity index (χ0n) is 49.6. The van der Waals surface area contributed by atoms with Crippen molar-refractivity contribution in [3.05, 3.63) is 159 Å². The van der Waals surface area contributed by atoms with Gasteiger partial charge < -0.3 is 39.5 Å². The van der Waals surface area contributed by atoms with Crippen LogP contribution in [-0.2, 0) is 6.54 Å². The van der Waals surface area contributed by atoms with E-state index in [1.54, 1.807) is 51.2 Å². The van der Waals surface area contributed by atoms with Gasteiger partial charge in [-0.05, 0) is 77.3 Å². The molecule has 1 atom stereocenters. The number of carbonyl (C=O) groups excluding carboxylic acids is 2. The van der Waals surface area contributed by atoms with Gasteiger partial charge in [-0.15, -0.1) is 0 Å². The zero-order valence-corrected chi connectivity index (χ0v) is 49.6. The molecule has 1 heterocycles. The molecule has 1 fully saturated rings. The fourth-order valence-corrected chi connectivity index (χ4v) is 9.76. The van der Waals surface area contributed by atoms with E-state index in [-0.39, 0.29) is 17.3 Å². The molecule has 6 aromatic carbocycles. The Bertz CT molecular complexity index is 3230. The maximum absolute atomic E-state index is 13.3. The van der Waals surface area contributed by atoms with Gasteiger partial charge in [0.1, 0.15) is 0 Å². The average Bonchev–Trinajstić information content (AvgIpc) is 3.60. The van der Waals surface area contributed by atoms with Gasteiger partial charge in [-0.25, -0.2) is 4.79 Å². The fourth-order valence-electron chi connectivity index (χ4n) is 9.76. The number of fused-ring (bicyclic) bond motifs is 1. The van der Waals surface area contributed by atoms with Crippen molar-refractivity contribution in [3.63, 3.8) is 0 Å². The van der Waals surface area contributed by atoms with Gasteiger partial charge in [-0.3, -0.25) is 14.2 Å². The normalized spacial score (nSPS) is 12.7. The van der Waals surface area contributed by atoms with Crippen LogP contribution in [-0.4, -0.2) is 70.3 Å². The number of rotatable bonds is 20. The van der Waals surface area contributed by atoms with Crippen molar-refractivity contribution in [1.82, 2.24) is 9.55 Å². The molecule has 1 unspecified atom stereocenters. The molecule has 0 spiro atoms. The highest BCUT2D eigenvalue weighted by molar-refractivity contribution is 6.13. The molecule has 0 radical (unpaired) electrons. The average molecular weight is 1090 g/mol. The number of carbonyl (C=O) groups is 2. The van der Waals surface area contributed by atoms with Crippen LogP contribution in [0.4, 0.5) is 11.4 Å². The summed E-state index contributed by atoms with van der Waals surface area (Å²) in [5.41, 5.74) is 15.3. The third-order valence-corrected chi connectivity index (χ3v) is 15.1. The van der Waals surface area contributed by atoms with Gasteiger partial charge in [0.15, 0.2) is 46.1 Å². The van der Waals surface area contributed by atoms with Gasteiger partial charge in [-0.2, -0.15) is 4.98 Å². The molecule has 8 rings (SSSR count). The molecule has 426 valence electrons. The van der Waals surface area contributed by atoms with Gasteiger partial charge >= 0.3 is 5.69 Å². The number of nitrogens with one attached hydrogen (secondary N) is 1. The first kappa shape index (κ1) is 61.4. The monoisotopic (exact) mass is 1090 g/mol. The molecule has 1 aliphatic rings. The third kappa shape index (κ3) is 15.1. The highest BCUT2D eigenvalue weighted by Crippen LogP contribution is 2.38. The minimum Gasteiger partial charge on any atom is -0.493 e. The Hall–Kier alpha value is -7.80. The minimum atomic E-state index is -0.243. The number of nitrogen functional groups attached to an aromatic ring is 1. The first-order chi connectivity index (χ1) is 38.4. The number of nitrogens with zero attached hydrogens (tertiary/aromatic N) is 2. The van der Waals surface area contributed by atoms with Crippen LogP contribution in [0, 0.1) is 11.8 Å². The van der Waals surface area contributed by atoms with Crippen molar-refractivity contribution >= 4 is 33.8 Å². The minimum absolute atomic E-state index is 0.00703. The third-order valence-electron chi connectivity index (χ3n) is 15.1. The topological polar surface area (TPSA) is 162 Å². The van der Waals surface area contributed by atoms with Crippen molar-refractivity contribution in [2.75, 3.05) is 60.3 Å². The van der Waals surface area contributed by atoms with E-state index in [1.165, 1.54) is 63.0 Å². The van der Waals surface area contributed by atoms with Gasteiger partial charge in [-0.1, -0.05) is 154 Å². The molecule has 1 aliphatic carbocycles. The summed E-state index contributed by atoms with van der Waals surface area (Å²) in [7, 11) is 9.49. The van der Waals surface area contributed by atoms with Gasteiger partial charge in [0.05, 0.1) is 53.9 Å². The molecule has 1 aromatic heterocycles. The molecule has 0 bridgehead atoms. The van der Waals surface area contributed by atoms with E-state index in [4.69, 9.17) is 34.2 Å². The number of hydrogen-bond donors (Lipinski definition) is 2. The molecule has 0 amide bonds. The van der Waals surface area contributed by atoms with Crippen LogP contribution in [0.1, 0.15) is 160 Å². The first-order valence-corrected chi connectivity index (χ1v) is 28.0. The predicted octanol–water partition coefficient (Wildman–Crippen LogP) is 14.9. The Labute approximate surface area is 474 Å². The molecule has 80 heavy (non-hydrogen) atoms. The fraction of sp³-hybridized carbons (Fsp3) is 0.403. The molecule has 3 N–H and O–H groups in total. The van der Waals surface area contributed by atoms with Crippen molar-refractivity contribution in [1.29, 1.82) is 0 Å². The second-order valence-electron chi connectivity index (χ2n) is 21.5. The lowest BCUT2D eigenvalue weighted by molar-refractivity contribution is 0.103. The second kappa shape index (κ2) is 28.9. The highest BCUT2D eigenvalue weighted by atomic mass is 16.5. The summed E-state index contributed by atoms with van der Waals surface area (Å²) in [6.45, 7) is 18.6. The van der Waals surface area contributed by atoms with Crippen LogP contribution >= 0.6 is 0 Å². The molecule has 7 aromatic rings. The molecule has 0 saturated heterocycles. The number of methoxy groups -OCH3 is 6. The summed E-state index contributed by atoms with van der Waals surface area (Å²) >= 11 is 0. The molecule has 0 aliphatic heterocycles. The summed E-state index contributed by atoms with van der Waals surface area (Å²) in [5.74, 6) is 5.60. The van der Waals surface area contributed by atoms with Gasteiger partial charge in [0.2, 0.25) is 0 Å². The van der Waals surface area contributed by atoms with Crippen LogP contribution in [0.25, 0.3) is 22.2 Å². The summed E-state index contributed by atoms with van der Waals surface area (Å²) in [5, 5.41) is 4.41. The Balaban J connectivity index is 0.000000196. The van der Waals surface area contributed by atoms with Gasteiger partial charge in [0, 0.05) is 75.9 Å². The van der Waals surface area contributed by atoms with Crippen molar-refractivity contribution < 1.29 is 38.0 Å². The second-order valence-corrected chi connectivity index (χ2v) is 21.5. The van der Waals surface area contributed by atoms with Crippen molar-refractivity contribution in [3.8, 4) is 45.8 Å². The molecule has 13 heteroatoms. The standard InChI is InChI=1S/C25H33NO3.C24H30N2O3.C18H21NO3/c1-17(2)19-10-12-20(13-11-19)25(27)21-14-23(28-3)24(29-4)15-22(21)26-16-18-8-6-5-7-9-18;1-7-16(4)14-26-20-13-22(29-6)21(28-5)12-19(20)23(25-24(26)27)18-10-8-17(9-11-18)15(2)3;1-11(2)12-5-7-13(8-6-12)18(20)14-9-16(21-3)17(22-4)10-15(14)19/h10-15,17-18,26H,5-9,16H2,1-4H3;8-13,15-16H,7,14H2,1-6H3;5-11H,19H2,1-4H3. The van der Waals surface area contributed by atoms with E-state index in [0.29, 0.717) is 104 Å². The Kier molecular flexibility index (Phi) is 22.2. The van der Waals surface area contributed by atoms with Crippen molar-refractivity contribution in [2.24, 2.45) is 11.8 Å². The number of ether oxygens (including phenoxy) is 6. The highest BCUT2D eigenvalue weighted by Gasteiger charge is 2.23. The predicted molar refractivity (Wildman–Crippen MR) is 325 cm³/mol. The summed E-state index contributed by atoms with van der Waals surface area (Å²) in [6.07, 6.45) is 7.42. The Morgan fingerprint density at radius 2 is 1.00 bits per heavy atom. The number of aromatic nitrogens is 2. The van der Waals surface area contributed by atoms with Crippen LogP contribution in [0.15, 0.2) is 114 Å². The maximum Gasteiger partial charge on any atom is 0.348 e. The summed E-state index contributed by atoms with van der Waals surface area (Å²) in [4.78, 5) is 43.4. The summed E-state index contributed by atoms with van der Waals surface area (Å²) < 4.78 is 34.1. The number of nitrogens with two attached hydrogens (primary N) is 1. The lowest BCUT2D eigenvalue weighted by Gasteiger charge is -2.23. The largest absolute Gasteiger partial charge is 0.493 e. The maximum atomic E-state index is 13.3. The van der Waals surface area contributed by atoms with Crippen LogP contribution in [0.5, 0.6) is 34.5 Å². The Morgan fingerprint density at radius 1 is 0.575 bits per heavy atom. The first-order valence-electron chi connectivity index (χ1n) is 28.0. The van der Waals surface area contributed by atoms with Crippen LogP contribution < -0.4 is 45.2 Å². The van der Waals surface area contributed by atoms with E-state index in [9.17, 15) is 14.4 Å². The number of benzene rings is 6. The van der Waals surface area contributed by atoms with E-state index >= 15 is 0 Å². The van der Waals surface area contributed by atoms with Crippen molar-refractivity contribution in [2.45, 2.75) is 118 Å². The SMILES string of the molecule is CCC(C)Cn1c(=O)nc(-c2ccc(C(C)C)cc2)c2cc(OC)c(OC)cc21.COc1cc(N)c(C(=O)c2ccc(C(C)C)cc2)cc1OC.COc1cc(NCC2CCCCC2)c(C(=O)c2ccc(C(C)C)cc2)cc1OC. The number of ketones is 2. The van der Waals surface area contributed by atoms with E-state index in [1.807, 2.05) is 78.9 Å². The van der Waals surface area contributed by atoms with Gasteiger partial charge in [0.25, 0.3) is 0 Å². The number of anilines is 2. The van der Waals surface area contributed by atoms with E-state index in [0.717, 1.165) is 35.1 Å². The van der Waals surface area contributed by atoms with Crippen LogP contribution in [0.3, 0.4) is 0 Å².